The summed E-state index contributed by atoms with van der Waals surface area (Å²) in [5, 5.41) is 9.84. The Balaban J connectivity index is 0.00000149. The van der Waals surface area contributed by atoms with Gasteiger partial charge in [-0.2, -0.15) is 0 Å². The normalized spacial score (nSPS) is 12.7. The van der Waals surface area contributed by atoms with E-state index < -0.39 is 0 Å². The lowest BCUT2D eigenvalue weighted by atomic mass is 10.1. The second-order valence-electron chi connectivity index (χ2n) is 5.55. The average Bonchev–Trinajstić information content (AvgIpc) is 2.49. The molecule has 0 bridgehead atoms. The van der Waals surface area contributed by atoms with Crippen LogP contribution in [0.15, 0.2) is 18.2 Å². The maximum Gasteiger partial charge on any atom is 0.242 e. The van der Waals surface area contributed by atoms with Gasteiger partial charge in [-0.15, -0.1) is 0 Å². The van der Waals surface area contributed by atoms with Crippen LogP contribution in [-0.4, -0.2) is 32.1 Å². The molecule has 0 heterocycles. The van der Waals surface area contributed by atoms with E-state index in [9.17, 15) is 4.79 Å². The Labute approximate surface area is 150 Å². The molecular formula is C17H29Cl2N3O. The van der Waals surface area contributed by atoms with Gasteiger partial charge in [0.15, 0.2) is 0 Å². The van der Waals surface area contributed by atoms with E-state index in [-0.39, 0.29) is 18.0 Å². The Hall–Kier alpha value is -0.970. The highest BCUT2D eigenvalue weighted by Gasteiger charge is 2.15. The van der Waals surface area contributed by atoms with Crippen molar-refractivity contribution in [3.63, 3.8) is 0 Å². The van der Waals surface area contributed by atoms with Crippen LogP contribution in [0.5, 0.6) is 0 Å². The molecule has 0 radical (unpaired) electrons. The van der Waals surface area contributed by atoms with E-state index in [1.807, 2.05) is 27.9 Å². The van der Waals surface area contributed by atoms with E-state index in [0.717, 1.165) is 24.9 Å². The van der Waals surface area contributed by atoms with Gasteiger partial charge in [-0.3, -0.25) is 4.79 Å². The maximum absolute atomic E-state index is 12.0. The van der Waals surface area contributed by atoms with Gasteiger partial charge in [-0.25, -0.2) is 0 Å². The number of anilines is 1. The van der Waals surface area contributed by atoms with Crippen LogP contribution < -0.4 is 16.0 Å². The van der Waals surface area contributed by atoms with Gasteiger partial charge in [0.2, 0.25) is 5.91 Å². The van der Waals surface area contributed by atoms with E-state index in [0.29, 0.717) is 10.0 Å². The molecule has 1 unspecified atom stereocenters. The number of rotatable bonds is 7. The lowest BCUT2D eigenvalue weighted by Gasteiger charge is -2.19. The molecule has 0 spiro atoms. The van der Waals surface area contributed by atoms with Crippen LogP contribution in [0.25, 0.3) is 0 Å². The van der Waals surface area contributed by atoms with Crippen molar-refractivity contribution in [2.24, 2.45) is 0 Å². The van der Waals surface area contributed by atoms with E-state index in [2.05, 4.69) is 22.9 Å². The molecule has 0 aromatic heterocycles. The third-order valence-corrected chi connectivity index (χ3v) is 3.81. The van der Waals surface area contributed by atoms with Crippen LogP contribution in [-0.2, 0) is 4.79 Å². The predicted molar refractivity (Wildman–Crippen MR) is 102 cm³/mol. The predicted octanol–water partition coefficient (Wildman–Crippen LogP) is 4.32. The second kappa shape index (κ2) is 12.5. The number of hydrogen-bond donors (Lipinski definition) is 3. The summed E-state index contributed by atoms with van der Waals surface area (Å²) < 4.78 is 0. The quantitative estimate of drug-likeness (QED) is 0.677. The molecule has 1 aromatic rings. The molecule has 2 atom stereocenters. The molecule has 1 rings (SSSR count). The van der Waals surface area contributed by atoms with Crippen LogP contribution in [0.4, 0.5) is 5.69 Å². The lowest BCUT2D eigenvalue weighted by Crippen LogP contribution is -2.42. The number of unbranched alkanes of at least 4 members (excludes halogenated alkanes) is 1. The van der Waals surface area contributed by atoms with Gasteiger partial charge in [-0.1, -0.05) is 43.0 Å². The van der Waals surface area contributed by atoms with Gasteiger partial charge in [-0.05, 0) is 52.6 Å². The van der Waals surface area contributed by atoms with Gasteiger partial charge in [0.25, 0.3) is 0 Å². The minimum absolute atomic E-state index is 0.0142. The molecule has 4 nitrogen and oxygen atoms in total. The molecular weight excluding hydrogens is 333 g/mol. The SMILES string of the molecule is CCCC[C@H](C)NC(=O)C(C)Nc1ccc(Cl)c(Cl)c1.CNC. The third kappa shape index (κ3) is 9.69. The van der Waals surface area contributed by atoms with Gasteiger partial charge < -0.3 is 16.0 Å². The van der Waals surface area contributed by atoms with Crippen molar-refractivity contribution < 1.29 is 4.79 Å². The van der Waals surface area contributed by atoms with Crippen molar-refractivity contribution in [2.45, 2.75) is 52.1 Å². The number of benzene rings is 1. The highest BCUT2D eigenvalue weighted by molar-refractivity contribution is 6.42. The van der Waals surface area contributed by atoms with Crippen molar-refractivity contribution in [2.75, 3.05) is 19.4 Å². The van der Waals surface area contributed by atoms with Crippen LogP contribution in [0, 0.1) is 0 Å². The second-order valence-corrected chi connectivity index (χ2v) is 6.36. The van der Waals surface area contributed by atoms with Crippen LogP contribution in [0.3, 0.4) is 0 Å². The summed E-state index contributed by atoms with van der Waals surface area (Å²) in [4.78, 5) is 12.0. The Morgan fingerprint density at radius 1 is 1.17 bits per heavy atom. The molecule has 0 fully saturated rings. The topological polar surface area (TPSA) is 53.2 Å². The van der Waals surface area contributed by atoms with E-state index in [1.54, 1.807) is 18.2 Å². The summed E-state index contributed by atoms with van der Waals surface area (Å²) in [6.07, 6.45) is 3.26. The van der Waals surface area contributed by atoms with Crippen LogP contribution in [0.1, 0.15) is 40.0 Å². The molecule has 1 amide bonds. The summed E-state index contributed by atoms with van der Waals surface area (Å²) in [7, 11) is 3.75. The molecule has 0 aliphatic carbocycles. The Morgan fingerprint density at radius 3 is 2.30 bits per heavy atom. The maximum atomic E-state index is 12.0. The van der Waals surface area contributed by atoms with Gasteiger partial charge in [0.1, 0.15) is 6.04 Å². The largest absolute Gasteiger partial charge is 0.374 e. The highest BCUT2D eigenvalue weighted by atomic mass is 35.5. The Morgan fingerprint density at radius 2 is 1.78 bits per heavy atom. The molecule has 6 heteroatoms. The summed E-state index contributed by atoms with van der Waals surface area (Å²) in [6.45, 7) is 5.99. The molecule has 3 N–H and O–H groups in total. The summed E-state index contributed by atoms with van der Waals surface area (Å²) in [5.74, 6) is -0.0142. The molecule has 0 saturated carbocycles. The first-order chi connectivity index (χ1) is 10.8. The Bertz CT molecular complexity index is 469. The van der Waals surface area contributed by atoms with E-state index in [1.165, 1.54) is 0 Å². The molecule has 0 aliphatic rings. The number of halogens is 2. The summed E-state index contributed by atoms with van der Waals surface area (Å²) in [6, 6.07) is 5.10. The first-order valence-corrected chi connectivity index (χ1v) is 8.71. The fourth-order valence-electron chi connectivity index (χ4n) is 1.85. The third-order valence-electron chi connectivity index (χ3n) is 3.08. The van der Waals surface area contributed by atoms with Crippen LogP contribution >= 0.6 is 23.2 Å². The number of amides is 1. The number of carbonyl (C=O) groups is 1. The molecule has 1 aromatic carbocycles. The van der Waals surface area contributed by atoms with Crippen molar-refractivity contribution >= 4 is 34.8 Å². The van der Waals surface area contributed by atoms with Crippen molar-refractivity contribution in [3.8, 4) is 0 Å². The zero-order chi connectivity index (χ0) is 17.8. The first kappa shape index (κ1) is 22.0. The number of hydrogen-bond acceptors (Lipinski definition) is 3. The zero-order valence-electron chi connectivity index (χ0n) is 14.7. The lowest BCUT2D eigenvalue weighted by molar-refractivity contribution is -0.122. The molecule has 132 valence electrons. The van der Waals surface area contributed by atoms with Gasteiger partial charge in [0, 0.05) is 11.7 Å². The van der Waals surface area contributed by atoms with Crippen LogP contribution in [0.2, 0.25) is 10.0 Å². The fraction of sp³-hybridized carbons (Fsp3) is 0.588. The first-order valence-electron chi connectivity index (χ1n) is 7.96. The van der Waals surface area contributed by atoms with E-state index >= 15 is 0 Å². The minimum atomic E-state index is -0.323. The van der Waals surface area contributed by atoms with E-state index in [4.69, 9.17) is 23.2 Å². The van der Waals surface area contributed by atoms with Crippen molar-refractivity contribution in [1.29, 1.82) is 0 Å². The average molecular weight is 362 g/mol. The van der Waals surface area contributed by atoms with Gasteiger partial charge >= 0.3 is 0 Å². The highest BCUT2D eigenvalue weighted by Crippen LogP contribution is 2.25. The smallest absolute Gasteiger partial charge is 0.242 e. The molecule has 23 heavy (non-hydrogen) atoms. The standard InChI is InChI=1S/C15H22Cl2N2O.C2H7N/c1-4-5-6-10(2)18-15(20)11(3)19-12-7-8-13(16)14(17)9-12;1-3-2/h7-11,19H,4-6H2,1-3H3,(H,18,20);3H,1-2H3/t10-,11?;/m0./s1. The minimum Gasteiger partial charge on any atom is -0.374 e. The summed E-state index contributed by atoms with van der Waals surface area (Å²) in [5.41, 5.74) is 0.781. The molecule has 0 saturated heterocycles. The molecule has 0 aliphatic heterocycles. The summed E-state index contributed by atoms with van der Waals surface area (Å²) >= 11 is 11.8. The fourth-order valence-corrected chi connectivity index (χ4v) is 2.15. The van der Waals surface area contributed by atoms with Crippen molar-refractivity contribution in [1.82, 2.24) is 10.6 Å². The monoisotopic (exact) mass is 361 g/mol. The van der Waals surface area contributed by atoms with Crippen molar-refractivity contribution in [3.05, 3.63) is 28.2 Å². The zero-order valence-corrected chi connectivity index (χ0v) is 16.2. The Kier molecular flexibility index (Phi) is 11.9. The number of nitrogens with one attached hydrogen (secondary N) is 3. The number of carbonyl (C=O) groups excluding carboxylic acids is 1. The van der Waals surface area contributed by atoms with Gasteiger partial charge in [0.05, 0.1) is 10.0 Å².